The first-order valence-electron chi connectivity index (χ1n) is 11.4. The molecule has 2 aliphatic heterocycles. The normalized spacial score (nSPS) is 18.1. The zero-order valence-corrected chi connectivity index (χ0v) is 18.8. The molecule has 1 aromatic carbocycles. The Morgan fingerprint density at radius 3 is 2.94 bits per heavy atom. The maximum absolute atomic E-state index is 13.3. The van der Waals surface area contributed by atoms with Crippen LogP contribution in [-0.4, -0.2) is 53.6 Å². The maximum Gasteiger partial charge on any atom is 0.189 e. The van der Waals surface area contributed by atoms with E-state index in [1.54, 1.807) is 18.6 Å². The van der Waals surface area contributed by atoms with E-state index < -0.39 is 0 Å². The average Bonchev–Trinajstić information content (AvgIpc) is 2.85. The number of nitrogens with zero attached hydrogens (tertiary/aromatic N) is 4. The second-order valence-electron chi connectivity index (χ2n) is 8.53. The van der Waals surface area contributed by atoms with Gasteiger partial charge in [-0.25, -0.2) is 9.97 Å². The lowest BCUT2D eigenvalue weighted by atomic mass is 9.93. The number of carbonyl (C=O) groups is 1. The van der Waals surface area contributed by atoms with E-state index in [1.807, 2.05) is 12.1 Å². The molecule has 1 saturated heterocycles. The van der Waals surface area contributed by atoms with E-state index in [1.165, 1.54) is 11.1 Å². The molecular weight excluding hydrogens is 416 g/mol. The molecular formula is C25H28N6O2. The minimum absolute atomic E-state index is 0.149. The molecule has 170 valence electrons. The number of ketones is 1. The van der Waals surface area contributed by atoms with Crippen LogP contribution < -0.4 is 16.0 Å². The molecule has 0 bridgehead atoms. The fourth-order valence-corrected chi connectivity index (χ4v) is 4.61. The van der Waals surface area contributed by atoms with E-state index in [2.05, 4.69) is 44.2 Å². The Labute approximate surface area is 193 Å². The number of Topliss-reactive ketones (excluding diaryl/α,β-unsaturated/α-hetero) is 1. The molecule has 3 aromatic rings. The smallest absolute Gasteiger partial charge is 0.189 e. The van der Waals surface area contributed by atoms with Crippen LogP contribution in [0.15, 0.2) is 42.9 Å². The number of morpholine rings is 1. The number of aromatic nitrogens is 3. The second kappa shape index (κ2) is 9.25. The van der Waals surface area contributed by atoms with Gasteiger partial charge in [0.15, 0.2) is 11.6 Å². The number of pyridine rings is 1. The molecule has 0 aliphatic carbocycles. The van der Waals surface area contributed by atoms with Crippen LogP contribution in [0.1, 0.15) is 40.1 Å². The summed E-state index contributed by atoms with van der Waals surface area (Å²) in [5.74, 6) is -0.0171. The van der Waals surface area contributed by atoms with Gasteiger partial charge >= 0.3 is 0 Å². The maximum atomic E-state index is 13.3. The van der Waals surface area contributed by atoms with E-state index in [9.17, 15) is 4.79 Å². The molecule has 8 heteroatoms. The van der Waals surface area contributed by atoms with Gasteiger partial charge in [-0.3, -0.25) is 9.78 Å². The van der Waals surface area contributed by atoms with E-state index >= 15 is 0 Å². The lowest BCUT2D eigenvalue weighted by molar-refractivity contribution is 0.0988. The van der Waals surface area contributed by atoms with E-state index in [4.69, 9.17) is 10.5 Å². The summed E-state index contributed by atoms with van der Waals surface area (Å²) in [4.78, 5) is 28.7. The number of ether oxygens (including phenoxy) is 1. The molecule has 0 saturated carbocycles. The van der Waals surface area contributed by atoms with Gasteiger partial charge in [-0.1, -0.05) is 12.1 Å². The van der Waals surface area contributed by atoms with Crippen LogP contribution in [0, 0.1) is 0 Å². The Hall–Kier alpha value is -3.36. The summed E-state index contributed by atoms with van der Waals surface area (Å²) < 4.78 is 5.46. The van der Waals surface area contributed by atoms with Crippen molar-refractivity contribution >= 4 is 17.3 Å². The van der Waals surface area contributed by atoms with Crippen LogP contribution in [0.3, 0.4) is 0 Å². The zero-order valence-electron chi connectivity index (χ0n) is 18.8. The molecule has 33 heavy (non-hydrogen) atoms. The summed E-state index contributed by atoms with van der Waals surface area (Å²) >= 11 is 0. The van der Waals surface area contributed by atoms with Crippen LogP contribution in [0.5, 0.6) is 0 Å². The predicted molar refractivity (Wildman–Crippen MR) is 127 cm³/mol. The van der Waals surface area contributed by atoms with Gasteiger partial charge in [-0.15, -0.1) is 0 Å². The molecule has 0 spiro atoms. The Bertz CT molecular complexity index is 1180. The number of carbonyl (C=O) groups excluding carboxylic acids is 1. The number of hydrogen-bond donors (Lipinski definition) is 2. The summed E-state index contributed by atoms with van der Waals surface area (Å²) in [6.45, 7) is 6.04. The van der Waals surface area contributed by atoms with Crippen LogP contribution >= 0.6 is 0 Å². The first-order valence-corrected chi connectivity index (χ1v) is 11.4. The molecule has 8 nitrogen and oxygen atoms in total. The van der Waals surface area contributed by atoms with Gasteiger partial charge in [0.05, 0.1) is 25.1 Å². The van der Waals surface area contributed by atoms with Gasteiger partial charge in [-0.2, -0.15) is 0 Å². The summed E-state index contributed by atoms with van der Waals surface area (Å²) in [5, 5.41) is 3.48. The topological polar surface area (TPSA) is 106 Å². The average molecular weight is 445 g/mol. The molecule has 0 radical (unpaired) electrons. The highest BCUT2D eigenvalue weighted by Crippen LogP contribution is 2.28. The molecule has 1 fully saturated rings. The molecule has 1 atom stereocenters. The largest absolute Gasteiger partial charge is 0.382 e. The highest BCUT2D eigenvalue weighted by Gasteiger charge is 2.21. The van der Waals surface area contributed by atoms with Gasteiger partial charge in [0, 0.05) is 54.8 Å². The minimum atomic E-state index is -0.167. The first kappa shape index (κ1) is 21.5. The van der Waals surface area contributed by atoms with Crippen LogP contribution in [0.2, 0.25) is 0 Å². The van der Waals surface area contributed by atoms with Crippen molar-refractivity contribution in [3.05, 3.63) is 65.2 Å². The summed E-state index contributed by atoms with van der Waals surface area (Å²) in [6.07, 6.45) is 6.26. The van der Waals surface area contributed by atoms with Gasteiger partial charge in [-0.05, 0) is 43.1 Å². The second-order valence-corrected chi connectivity index (χ2v) is 8.53. The highest BCUT2D eigenvalue weighted by atomic mass is 16.5. The van der Waals surface area contributed by atoms with Crippen LogP contribution in [-0.2, 0) is 17.6 Å². The molecule has 3 N–H and O–H groups in total. The molecule has 1 unspecified atom stereocenters. The number of nitrogens with two attached hydrogens (primary N) is 1. The Morgan fingerprint density at radius 2 is 2.09 bits per heavy atom. The fraction of sp³-hybridized carbons (Fsp3) is 0.360. The molecule has 5 rings (SSSR count). The number of hydrogen-bond acceptors (Lipinski definition) is 8. The van der Waals surface area contributed by atoms with Crippen molar-refractivity contribution in [2.45, 2.75) is 25.8 Å². The third-order valence-corrected chi connectivity index (χ3v) is 6.40. The molecule has 2 aromatic heterocycles. The summed E-state index contributed by atoms with van der Waals surface area (Å²) in [5.41, 5.74) is 12.3. The molecule has 0 amide bonds. The van der Waals surface area contributed by atoms with E-state index in [0.29, 0.717) is 24.9 Å². The predicted octanol–water partition coefficient (Wildman–Crippen LogP) is 2.59. The molecule has 4 heterocycles. The summed E-state index contributed by atoms with van der Waals surface area (Å²) in [7, 11) is 0. The third kappa shape index (κ3) is 4.44. The number of nitrogens with one attached hydrogen (secondary N) is 1. The van der Waals surface area contributed by atoms with Crippen molar-refractivity contribution in [1.29, 1.82) is 0 Å². The van der Waals surface area contributed by atoms with Crippen molar-refractivity contribution in [1.82, 2.24) is 20.3 Å². The van der Waals surface area contributed by atoms with Crippen molar-refractivity contribution in [2.24, 2.45) is 0 Å². The first-order chi connectivity index (χ1) is 16.1. The number of benzene rings is 1. The number of fused-ring (bicyclic) bond motifs is 1. The van der Waals surface area contributed by atoms with Gasteiger partial charge in [0.2, 0.25) is 0 Å². The number of anilines is 2. The van der Waals surface area contributed by atoms with Crippen molar-refractivity contribution in [3.63, 3.8) is 0 Å². The van der Waals surface area contributed by atoms with Gasteiger partial charge < -0.3 is 20.7 Å². The highest BCUT2D eigenvalue weighted by molar-refractivity contribution is 6.00. The third-order valence-electron chi connectivity index (χ3n) is 6.40. The molecule has 2 aliphatic rings. The van der Waals surface area contributed by atoms with Crippen molar-refractivity contribution in [2.75, 3.05) is 43.5 Å². The van der Waals surface area contributed by atoms with E-state index in [-0.39, 0.29) is 23.7 Å². The zero-order chi connectivity index (χ0) is 22.8. The lowest BCUT2D eigenvalue weighted by Gasteiger charge is -2.30. The van der Waals surface area contributed by atoms with Crippen LogP contribution in [0.4, 0.5) is 11.5 Å². The van der Waals surface area contributed by atoms with E-state index in [0.717, 1.165) is 42.9 Å². The Kier molecular flexibility index (Phi) is 6.02. The standard InChI is InChI=1S/C25H28N6O2/c1-16-20-3-2-18(12-17(20)4-7-28-16)21-15-29-25(26)24(30-21)23(32)13-19-14-27-6-5-22(19)31-8-10-33-11-9-31/h2-3,5-6,12,14-16,28H,4,7-11,13H2,1H3,(H2,26,29). The van der Waals surface area contributed by atoms with Crippen LogP contribution in [0.25, 0.3) is 11.3 Å². The monoisotopic (exact) mass is 444 g/mol. The SMILES string of the molecule is CC1NCCc2cc(-c3cnc(N)c(C(=O)Cc4cnccc4N4CCOCC4)n3)ccc21. The Balaban J connectivity index is 1.42. The number of nitrogen functional groups attached to an aromatic ring is 1. The minimum Gasteiger partial charge on any atom is -0.382 e. The van der Waals surface area contributed by atoms with Crippen molar-refractivity contribution < 1.29 is 9.53 Å². The Morgan fingerprint density at radius 1 is 1.24 bits per heavy atom. The summed E-state index contributed by atoms with van der Waals surface area (Å²) in [6, 6.07) is 8.60. The van der Waals surface area contributed by atoms with Crippen molar-refractivity contribution in [3.8, 4) is 11.3 Å². The number of rotatable bonds is 5. The quantitative estimate of drug-likeness (QED) is 0.579. The van der Waals surface area contributed by atoms with Gasteiger partial charge in [0.25, 0.3) is 0 Å². The van der Waals surface area contributed by atoms with Gasteiger partial charge in [0.1, 0.15) is 5.69 Å². The lowest BCUT2D eigenvalue weighted by Crippen LogP contribution is -2.37. The fourth-order valence-electron chi connectivity index (χ4n) is 4.61.